The second-order valence-corrected chi connectivity index (χ2v) is 4.24. The number of carbonyl (C=O) groups is 1. The average molecular weight is 212 g/mol. The molecule has 0 radical (unpaired) electrons. The molecule has 15 heavy (non-hydrogen) atoms. The largest absolute Gasteiger partial charge is 0.462 e. The van der Waals surface area contributed by atoms with Crippen molar-refractivity contribution in [3.63, 3.8) is 0 Å². The van der Waals surface area contributed by atoms with Crippen molar-refractivity contribution in [2.75, 3.05) is 6.61 Å². The second kappa shape index (κ2) is 7.49. The van der Waals surface area contributed by atoms with Gasteiger partial charge in [-0.3, -0.25) is 0 Å². The maximum absolute atomic E-state index is 11.3. The molecule has 0 heterocycles. The highest BCUT2D eigenvalue weighted by atomic mass is 16.5. The number of ether oxygens (including phenoxy) is 1. The van der Waals surface area contributed by atoms with Crippen molar-refractivity contribution in [2.24, 2.45) is 11.8 Å². The van der Waals surface area contributed by atoms with Gasteiger partial charge in [0.2, 0.25) is 0 Å². The zero-order valence-electron chi connectivity index (χ0n) is 10.5. The number of hydrogen-bond acceptors (Lipinski definition) is 2. The van der Waals surface area contributed by atoms with Gasteiger partial charge in [0.05, 0.1) is 6.61 Å². The van der Waals surface area contributed by atoms with Gasteiger partial charge < -0.3 is 4.74 Å². The van der Waals surface area contributed by atoms with E-state index in [1.54, 1.807) is 0 Å². The van der Waals surface area contributed by atoms with E-state index in [0.29, 0.717) is 30.4 Å². The fourth-order valence-corrected chi connectivity index (χ4v) is 1.27. The van der Waals surface area contributed by atoms with Crippen LogP contribution in [0.4, 0.5) is 0 Å². The third kappa shape index (κ3) is 5.60. The summed E-state index contributed by atoms with van der Waals surface area (Å²) in [6.07, 6.45) is 2.79. The summed E-state index contributed by atoms with van der Waals surface area (Å²) in [6.45, 7) is 12.7. The number of carbonyl (C=O) groups excluding carboxylic acids is 1. The Kier molecular flexibility index (Phi) is 7.10. The van der Waals surface area contributed by atoms with Crippen molar-refractivity contribution in [1.29, 1.82) is 0 Å². The highest BCUT2D eigenvalue weighted by molar-refractivity contribution is 5.87. The highest BCUT2D eigenvalue weighted by Crippen LogP contribution is 2.18. The van der Waals surface area contributed by atoms with Crippen LogP contribution in [0.3, 0.4) is 0 Å². The first kappa shape index (κ1) is 14.2. The van der Waals surface area contributed by atoms with Crippen molar-refractivity contribution in [1.82, 2.24) is 0 Å². The Hall–Kier alpha value is -0.790. The summed E-state index contributed by atoms with van der Waals surface area (Å²) in [5, 5.41) is 0. The second-order valence-electron chi connectivity index (χ2n) is 4.24. The van der Waals surface area contributed by atoms with Crippen LogP contribution in [0, 0.1) is 11.8 Å². The number of esters is 1. The van der Waals surface area contributed by atoms with E-state index in [1.165, 1.54) is 6.42 Å². The maximum atomic E-state index is 11.3. The van der Waals surface area contributed by atoms with Gasteiger partial charge in [0.15, 0.2) is 0 Å². The molecule has 0 aliphatic carbocycles. The molecule has 0 aliphatic heterocycles. The van der Waals surface area contributed by atoms with E-state index >= 15 is 0 Å². The molecule has 0 fully saturated rings. The Bertz CT molecular complexity index is 209. The zero-order valence-corrected chi connectivity index (χ0v) is 10.5. The molecule has 0 aliphatic rings. The van der Waals surface area contributed by atoms with Crippen LogP contribution in [-0.4, -0.2) is 12.6 Å². The molecular weight excluding hydrogens is 188 g/mol. The van der Waals surface area contributed by atoms with Gasteiger partial charge in [0, 0.05) is 5.57 Å². The Morgan fingerprint density at radius 3 is 2.33 bits per heavy atom. The number of rotatable bonds is 7. The average Bonchev–Trinajstić information content (AvgIpc) is 2.26. The molecule has 0 aromatic rings. The van der Waals surface area contributed by atoms with Crippen molar-refractivity contribution in [2.45, 2.75) is 47.0 Å². The van der Waals surface area contributed by atoms with E-state index in [9.17, 15) is 4.79 Å². The smallest absolute Gasteiger partial charge is 0.333 e. The highest BCUT2D eigenvalue weighted by Gasteiger charge is 2.11. The molecule has 2 nitrogen and oxygen atoms in total. The summed E-state index contributed by atoms with van der Waals surface area (Å²) in [5.41, 5.74) is 0.561. The first-order valence-corrected chi connectivity index (χ1v) is 5.87. The first-order valence-electron chi connectivity index (χ1n) is 5.87. The van der Waals surface area contributed by atoms with Gasteiger partial charge in [-0.2, -0.15) is 0 Å². The van der Waals surface area contributed by atoms with Crippen LogP contribution in [0.15, 0.2) is 12.2 Å². The van der Waals surface area contributed by atoms with Gasteiger partial charge in [-0.25, -0.2) is 4.79 Å². The molecule has 2 atom stereocenters. The Balaban J connectivity index is 3.70. The minimum atomic E-state index is -0.242. The fraction of sp³-hybridized carbons (Fsp3) is 0.769. The zero-order chi connectivity index (χ0) is 11.8. The fourth-order valence-electron chi connectivity index (χ4n) is 1.27. The van der Waals surface area contributed by atoms with Crippen molar-refractivity contribution >= 4 is 5.97 Å². The predicted octanol–water partition coefficient (Wildman–Crippen LogP) is 3.57. The van der Waals surface area contributed by atoms with Gasteiger partial charge in [-0.15, -0.1) is 0 Å². The standard InChI is InChI=1S/C13H24O2/c1-6-10(3)12(5)8-9-15-13(14)11(4)7-2/h10,12H,4,6-9H2,1-3,5H3. The van der Waals surface area contributed by atoms with Gasteiger partial charge in [-0.05, 0) is 24.7 Å². The summed E-state index contributed by atoms with van der Waals surface area (Å²) in [6, 6.07) is 0. The van der Waals surface area contributed by atoms with Crippen LogP contribution in [0.5, 0.6) is 0 Å². The molecule has 0 amide bonds. The Morgan fingerprint density at radius 2 is 1.87 bits per heavy atom. The molecule has 0 N–H and O–H groups in total. The molecule has 0 rings (SSSR count). The van der Waals surface area contributed by atoms with E-state index in [2.05, 4.69) is 27.4 Å². The minimum Gasteiger partial charge on any atom is -0.462 e. The molecule has 2 heteroatoms. The summed E-state index contributed by atoms with van der Waals surface area (Å²) in [4.78, 5) is 11.3. The third-order valence-corrected chi connectivity index (χ3v) is 3.14. The minimum absolute atomic E-state index is 0.242. The summed E-state index contributed by atoms with van der Waals surface area (Å²) < 4.78 is 5.12. The lowest BCUT2D eigenvalue weighted by atomic mass is 9.91. The van der Waals surface area contributed by atoms with Gasteiger partial charge in [0.25, 0.3) is 0 Å². The maximum Gasteiger partial charge on any atom is 0.333 e. The van der Waals surface area contributed by atoms with Gasteiger partial charge in [-0.1, -0.05) is 40.7 Å². The first-order chi connectivity index (χ1) is 7.02. The monoisotopic (exact) mass is 212 g/mol. The molecular formula is C13H24O2. The van der Waals surface area contributed by atoms with Crippen LogP contribution in [0.25, 0.3) is 0 Å². The lowest BCUT2D eigenvalue weighted by Gasteiger charge is -2.17. The molecule has 0 saturated heterocycles. The molecule has 0 spiro atoms. The van der Waals surface area contributed by atoms with Crippen molar-refractivity contribution in [3.8, 4) is 0 Å². The van der Waals surface area contributed by atoms with E-state index in [4.69, 9.17) is 4.74 Å². The van der Waals surface area contributed by atoms with Crippen molar-refractivity contribution < 1.29 is 9.53 Å². The summed E-state index contributed by atoms with van der Waals surface area (Å²) >= 11 is 0. The molecule has 88 valence electrons. The lowest BCUT2D eigenvalue weighted by Crippen LogP contribution is -2.13. The molecule has 0 bridgehead atoms. The Morgan fingerprint density at radius 1 is 1.27 bits per heavy atom. The summed E-state index contributed by atoms with van der Waals surface area (Å²) in [5.74, 6) is 1.06. The topological polar surface area (TPSA) is 26.3 Å². The molecule has 0 aromatic carbocycles. The van der Waals surface area contributed by atoms with Crippen LogP contribution < -0.4 is 0 Å². The van der Waals surface area contributed by atoms with E-state index in [-0.39, 0.29) is 5.97 Å². The third-order valence-electron chi connectivity index (χ3n) is 3.14. The SMILES string of the molecule is C=C(CC)C(=O)OCCC(C)C(C)CC. The van der Waals surface area contributed by atoms with Crippen LogP contribution >= 0.6 is 0 Å². The molecule has 2 unspecified atom stereocenters. The van der Waals surface area contributed by atoms with E-state index < -0.39 is 0 Å². The summed E-state index contributed by atoms with van der Waals surface area (Å²) in [7, 11) is 0. The molecule has 0 saturated carbocycles. The number of hydrogen-bond donors (Lipinski definition) is 0. The van der Waals surface area contributed by atoms with Crippen molar-refractivity contribution in [3.05, 3.63) is 12.2 Å². The van der Waals surface area contributed by atoms with E-state index in [0.717, 1.165) is 6.42 Å². The lowest BCUT2D eigenvalue weighted by molar-refractivity contribution is -0.139. The quantitative estimate of drug-likeness (QED) is 0.476. The van der Waals surface area contributed by atoms with Gasteiger partial charge >= 0.3 is 5.97 Å². The van der Waals surface area contributed by atoms with Crippen LogP contribution in [-0.2, 0) is 9.53 Å². The van der Waals surface area contributed by atoms with E-state index in [1.807, 2.05) is 6.92 Å². The normalized spacial score (nSPS) is 14.4. The predicted molar refractivity (Wildman–Crippen MR) is 63.6 cm³/mol. The van der Waals surface area contributed by atoms with Crippen LogP contribution in [0.2, 0.25) is 0 Å². The van der Waals surface area contributed by atoms with Crippen LogP contribution in [0.1, 0.15) is 47.0 Å². The molecule has 0 aromatic heterocycles. The Labute approximate surface area is 93.7 Å². The van der Waals surface area contributed by atoms with Gasteiger partial charge in [0.1, 0.15) is 0 Å².